The van der Waals surface area contributed by atoms with Crippen molar-refractivity contribution in [3.8, 4) is 0 Å². The Kier molecular flexibility index (Phi) is 3.96. The SMILES string of the molecule is Cc1cccc(S(=O)(=O)N2C3CCC2CN(C(=O)C2=CN=NC2)C3)c1. The minimum absolute atomic E-state index is 0.0745. The zero-order valence-electron chi connectivity index (χ0n) is 14.0. The Balaban J connectivity index is 1.57. The fourth-order valence-corrected chi connectivity index (χ4v) is 5.87. The summed E-state index contributed by atoms with van der Waals surface area (Å²) in [6, 6.07) is 6.68. The molecule has 0 saturated carbocycles. The van der Waals surface area contributed by atoms with Crippen LogP contribution >= 0.6 is 0 Å². The van der Waals surface area contributed by atoms with Crippen molar-refractivity contribution in [1.82, 2.24) is 9.21 Å². The van der Waals surface area contributed by atoms with Crippen molar-refractivity contribution in [2.45, 2.75) is 36.7 Å². The van der Waals surface area contributed by atoms with Crippen LogP contribution in [-0.2, 0) is 14.8 Å². The number of fused-ring (bicyclic) bond motifs is 2. The van der Waals surface area contributed by atoms with Gasteiger partial charge in [0.15, 0.2) is 0 Å². The molecule has 7 nitrogen and oxygen atoms in total. The molecule has 25 heavy (non-hydrogen) atoms. The molecule has 0 spiro atoms. The fourth-order valence-electron chi connectivity index (χ4n) is 3.91. The van der Waals surface area contributed by atoms with Gasteiger partial charge in [-0.3, -0.25) is 4.79 Å². The maximum Gasteiger partial charge on any atom is 0.253 e. The molecule has 0 aliphatic carbocycles. The quantitative estimate of drug-likeness (QED) is 0.823. The van der Waals surface area contributed by atoms with Gasteiger partial charge in [0.2, 0.25) is 10.0 Å². The largest absolute Gasteiger partial charge is 0.336 e. The zero-order chi connectivity index (χ0) is 17.6. The van der Waals surface area contributed by atoms with Gasteiger partial charge >= 0.3 is 0 Å². The highest BCUT2D eigenvalue weighted by atomic mass is 32.2. The predicted molar refractivity (Wildman–Crippen MR) is 91.4 cm³/mol. The van der Waals surface area contributed by atoms with E-state index in [-0.39, 0.29) is 18.0 Å². The first kappa shape index (κ1) is 16.4. The second-order valence-electron chi connectivity index (χ2n) is 6.82. The van der Waals surface area contributed by atoms with Crippen LogP contribution in [0.5, 0.6) is 0 Å². The molecule has 1 amide bonds. The van der Waals surface area contributed by atoms with Crippen LogP contribution in [0.4, 0.5) is 0 Å². The van der Waals surface area contributed by atoms with Crippen LogP contribution in [0.25, 0.3) is 0 Å². The van der Waals surface area contributed by atoms with E-state index < -0.39 is 10.0 Å². The molecule has 132 valence electrons. The number of carbonyl (C=O) groups excluding carboxylic acids is 1. The van der Waals surface area contributed by atoms with Gasteiger partial charge in [-0.25, -0.2) is 8.42 Å². The Bertz CT molecular complexity index is 864. The maximum atomic E-state index is 13.1. The average molecular weight is 360 g/mol. The minimum Gasteiger partial charge on any atom is -0.336 e. The van der Waals surface area contributed by atoms with E-state index in [0.29, 0.717) is 30.1 Å². The highest BCUT2D eigenvalue weighted by Crippen LogP contribution is 2.36. The molecule has 3 heterocycles. The van der Waals surface area contributed by atoms with Crippen LogP contribution in [0, 0.1) is 6.92 Å². The van der Waals surface area contributed by atoms with Crippen LogP contribution in [0.15, 0.2) is 51.2 Å². The van der Waals surface area contributed by atoms with Crippen LogP contribution in [0.3, 0.4) is 0 Å². The first-order chi connectivity index (χ1) is 12.0. The molecular weight excluding hydrogens is 340 g/mol. The summed E-state index contributed by atoms with van der Waals surface area (Å²) in [6.45, 7) is 3.06. The monoisotopic (exact) mass is 360 g/mol. The lowest BCUT2D eigenvalue weighted by atomic mass is 10.2. The Hall–Kier alpha value is -2.06. The van der Waals surface area contributed by atoms with Crippen LogP contribution in [0.1, 0.15) is 18.4 Å². The first-order valence-corrected chi connectivity index (χ1v) is 9.86. The van der Waals surface area contributed by atoms with Gasteiger partial charge in [0.25, 0.3) is 5.91 Å². The molecule has 0 radical (unpaired) electrons. The molecule has 2 atom stereocenters. The normalized spacial score (nSPS) is 26.1. The first-order valence-electron chi connectivity index (χ1n) is 8.42. The average Bonchev–Trinajstić information content (AvgIpc) is 3.21. The number of carbonyl (C=O) groups is 1. The number of hydrogen-bond donors (Lipinski definition) is 0. The molecule has 3 aliphatic rings. The number of benzene rings is 1. The van der Waals surface area contributed by atoms with Crippen molar-refractivity contribution in [3.63, 3.8) is 0 Å². The molecule has 2 unspecified atom stereocenters. The lowest BCUT2D eigenvalue weighted by Crippen LogP contribution is -2.57. The summed E-state index contributed by atoms with van der Waals surface area (Å²) < 4.78 is 27.9. The molecule has 1 aromatic carbocycles. The molecule has 2 fully saturated rings. The van der Waals surface area contributed by atoms with Gasteiger partial charge in [-0.05, 0) is 37.5 Å². The van der Waals surface area contributed by atoms with Crippen LogP contribution in [0.2, 0.25) is 0 Å². The van der Waals surface area contributed by atoms with E-state index in [1.807, 2.05) is 13.0 Å². The van der Waals surface area contributed by atoms with Gasteiger partial charge < -0.3 is 4.90 Å². The highest BCUT2D eigenvalue weighted by Gasteiger charge is 2.48. The van der Waals surface area contributed by atoms with Gasteiger partial charge in [0, 0.05) is 25.2 Å². The number of hydrogen-bond acceptors (Lipinski definition) is 5. The summed E-state index contributed by atoms with van der Waals surface area (Å²) in [5.41, 5.74) is 1.50. The van der Waals surface area contributed by atoms with Crippen molar-refractivity contribution in [3.05, 3.63) is 41.6 Å². The fraction of sp³-hybridized carbons (Fsp3) is 0.471. The molecule has 8 heteroatoms. The van der Waals surface area contributed by atoms with Gasteiger partial charge in [-0.15, -0.1) is 0 Å². The molecule has 0 aromatic heterocycles. The highest BCUT2D eigenvalue weighted by molar-refractivity contribution is 7.89. The Labute approximate surface area is 147 Å². The van der Waals surface area contributed by atoms with Crippen LogP contribution in [-0.4, -0.2) is 55.2 Å². The number of azo groups is 1. The number of piperazine rings is 1. The third-order valence-corrected chi connectivity index (χ3v) is 7.08. The van der Waals surface area contributed by atoms with E-state index in [9.17, 15) is 13.2 Å². The lowest BCUT2D eigenvalue weighted by Gasteiger charge is -2.40. The lowest BCUT2D eigenvalue weighted by molar-refractivity contribution is -0.129. The topological polar surface area (TPSA) is 82.4 Å². The van der Waals surface area contributed by atoms with Crippen LogP contribution < -0.4 is 0 Å². The van der Waals surface area contributed by atoms with E-state index in [1.54, 1.807) is 27.4 Å². The summed E-state index contributed by atoms with van der Waals surface area (Å²) in [7, 11) is -3.54. The molecule has 0 N–H and O–H groups in total. The number of amides is 1. The predicted octanol–water partition coefficient (Wildman–Crippen LogP) is 1.71. The summed E-state index contributed by atoms with van der Waals surface area (Å²) in [5.74, 6) is -0.0745. The summed E-state index contributed by atoms with van der Waals surface area (Å²) in [4.78, 5) is 14.7. The Morgan fingerprint density at radius 3 is 2.52 bits per heavy atom. The number of aryl methyl sites for hydroxylation is 1. The zero-order valence-corrected chi connectivity index (χ0v) is 14.8. The number of nitrogens with zero attached hydrogens (tertiary/aromatic N) is 4. The van der Waals surface area contributed by atoms with Gasteiger partial charge in [-0.1, -0.05) is 12.1 Å². The third kappa shape index (κ3) is 2.79. The van der Waals surface area contributed by atoms with Crippen molar-refractivity contribution in [2.75, 3.05) is 19.6 Å². The summed E-state index contributed by atoms with van der Waals surface area (Å²) in [6.07, 6.45) is 3.07. The van der Waals surface area contributed by atoms with E-state index in [0.717, 1.165) is 18.4 Å². The van der Waals surface area contributed by atoms with Gasteiger partial charge in [0.05, 0.1) is 23.2 Å². The van der Waals surface area contributed by atoms with Gasteiger partial charge in [-0.2, -0.15) is 14.5 Å². The number of sulfonamides is 1. The van der Waals surface area contributed by atoms with Crippen molar-refractivity contribution in [1.29, 1.82) is 0 Å². The second-order valence-corrected chi connectivity index (χ2v) is 8.66. The van der Waals surface area contributed by atoms with Crippen molar-refractivity contribution in [2.24, 2.45) is 10.2 Å². The van der Waals surface area contributed by atoms with E-state index in [1.165, 1.54) is 6.20 Å². The number of likely N-dealkylation sites (tertiary alicyclic amines) is 1. The van der Waals surface area contributed by atoms with E-state index >= 15 is 0 Å². The summed E-state index contributed by atoms with van der Waals surface area (Å²) in [5, 5.41) is 7.56. The van der Waals surface area contributed by atoms with Crippen molar-refractivity contribution >= 4 is 15.9 Å². The molecular formula is C17H20N4O3S. The van der Waals surface area contributed by atoms with E-state index in [2.05, 4.69) is 10.2 Å². The smallest absolute Gasteiger partial charge is 0.253 e. The standard InChI is InChI=1S/C17H20N4O3S/c1-12-3-2-4-16(7-12)25(23,24)21-14-5-6-15(21)11-20(10-14)17(22)13-8-18-19-9-13/h2-4,7-8,14-15H,5-6,9-11H2,1H3. The molecule has 4 rings (SSSR count). The molecule has 3 aliphatic heterocycles. The van der Waals surface area contributed by atoms with Gasteiger partial charge in [0.1, 0.15) is 0 Å². The molecule has 2 saturated heterocycles. The molecule has 1 aromatic rings. The second kappa shape index (κ2) is 6.03. The molecule has 2 bridgehead atoms. The van der Waals surface area contributed by atoms with Crippen molar-refractivity contribution < 1.29 is 13.2 Å². The third-order valence-electron chi connectivity index (χ3n) is 5.08. The summed E-state index contributed by atoms with van der Waals surface area (Å²) >= 11 is 0. The Morgan fingerprint density at radius 1 is 1.20 bits per heavy atom. The Morgan fingerprint density at radius 2 is 1.92 bits per heavy atom. The number of rotatable bonds is 3. The maximum absolute atomic E-state index is 13.1. The minimum atomic E-state index is -3.54. The van der Waals surface area contributed by atoms with E-state index in [4.69, 9.17) is 0 Å².